The molecule has 19 heavy (non-hydrogen) atoms. The van der Waals surface area contributed by atoms with E-state index in [0.717, 1.165) is 36.6 Å². The van der Waals surface area contributed by atoms with Crippen LogP contribution in [-0.4, -0.2) is 54.3 Å². The highest BCUT2D eigenvalue weighted by atomic mass is 32.1. The van der Waals surface area contributed by atoms with Crippen molar-refractivity contribution in [1.29, 1.82) is 0 Å². The number of ether oxygens (including phenoxy) is 1. The van der Waals surface area contributed by atoms with E-state index in [2.05, 4.69) is 22.2 Å². The van der Waals surface area contributed by atoms with Gasteiger partial charge in [-0.25, -0.2) is 4.98 Å². The lowest BCUT2D eigenvalue weighted by Crippen LogP contribution is -2.43. The zero-order chi connectivity index (χ0) is 13.8. The van der Waals surface area contributed by atoms with E-state index in [1.54, 1.807) is 6.20 Å². The van der Waals surface area contributed by atoms with Gasteiger partial charge < -0.3 is 20.7 Å². The number of likely N-dealkylation sites (N-methyl/N-ethyl adjacent to an activating group) is 1. The Hall–Kier alpha value is -1.24. The lowest BCUT2D eigenvalue weighted by Gasteiger charge is -2.30. The minimum Gasteiger partial charge on any atom is -0.389 e. The molecule has 0 aromatic carbocycles. The number of nitrogens with two attached hydrogens (primary N) is 1. The quantitative estimate of drug-likeness (QED) is 0.794. The van der Waals surface area contributed by atoms with E-state index in [-0.39, 0.29) is 6.10 Å². The standard InChI is InChI=1S/C13H20N4OS/c1-9-3-4-15-13(11(9)12(14)19)16-7-10-8-17(2)5-6-18-10/h3-4,10H,5-8H2,1-2H3,(H2,14,19)(H,15,16). The Morgan fingerprint density at radius 2 is 2.47 bits per heavy atom. The molecule has 0 amide bonds. The van der Waals surface area contributed by atoms with Crippen molar-refractivity contribution in [2.24, 2.45) is 5.73 Å². The van der Waals surface area contributed by atoms with Gasteiger partial charge in [-0.05, 0) is 25.6 Å². The average Bonchev–Trinajstić information content (AvgIpc) is 2.36. The first-order valence-electron chi connectivity index (χ1n) is 6.37. The van der Waals surface area contributed by atoms with Gasteiger partial charge in [-0.1, -0.05) is 12.2 Å². The van der Waals surface area contributed by atoms with Crippen molar-refractivity contribution in [2.45, 2.75) is 13.0 Å². The van der Waals surface area contributed by atoms with Crippen LogP contribution in [0, 0.1) is 6.92 Å². The van der Waals surface area contributed by atoms with Gasteiger partial charge in [0.25, 0.3) is 0 Å². The average molecular weight is 280 g/mol. The second-order valence-electron chi connectivity index (χ2n) is 4.85. The Balaban J connectivity index is 2.03. The maximum absolute atomic E-state index is 5.76. The van der Waals surface area contributed by atoms with Gasteiger partial charge in [0.1, 0.15) is 10.8 Å². The van der Waals surface area contributed by atoms with Gasteiger partial charge in [0, 0.05) is 25.8 Å². The fourth-order valence-electron chi connectivity index (χ4n) is 2.20. The topological polar surface area (TPSA) is 63.4 Å². The molecule has 1 aliphatic heterocycles. The Morgan fingerprint density at radius 3 is 3.16 bits per heavy atom. The summed E-state index contributed by atoms with van der Waals surface area (Å²) in [5.41, 5.74) is 7.61. The molecule has 1 unspecified atom stereocenters. The zero-order valence-electron chi connectivity index (χ0n) is 11.3. The molecular formula is C13H20N4OS. The molecule has 1 aliphatic rings. The summed E-state index contributed by atoms with van der Waals surface area (Å²) in [6.45, 7) is 5.35. The third-order valence-electron chi connectivity index (χ3n) is 3.24. The molecule has 2 heterocycles. The molecule has 1 saturated heterocycles. The number of anilines is 1. The van der Waals surface area contributed by atoms with Gasteiger partial charge in [-0.3, -0.25) is 0 Å². The van der Waals surface area contributed by atoms with Gasteiger partial charge >= 0.3 is 0 Å². The lowest BCUT2D eigenvalue weighted by molar-refractivity contribution is -0.0117. The molecule has 104 valence electrons. The third-order valence-corrected chi connectivity index (χ3v) is 3.45. The molecule has 0 spiro atoms. The number of morpholine rings is 1. The van der Waals surface area contributed by atoms with E-state index in [1.807, 2.05) is 13.0 Å². The van der Waals surface area contributed by atoms with Gasteiger partial charge in [-0.2, -0.15) is 0 Å². The van der Waals surface area contributed by atoms with Crippen molar-refractivity contribution in [3.63, 3.8) is 0 Å². The Labute approximate surface area is 119 Å². The van der Waals surface area contributed by atoms with Crippen LogP contribution in [0.2, 0.25) is 0 Å². The van der Waals surface area contributed by atoms with Crippen molar-refractivity contribution in [2.75, 3.05) is 38.6 Å². The first-order chi connectivity index (χ1) is 9.08. The Bertz CT molecular complexity index is 466. The summed E-state index contributed by atoms with van der Waals surface area (Å²) in [6.07, 6.45) is 1.92. The summed E-state index contributed by atoms with van der Waals surface area (Å²) < 4.78 is 5.70. The van der Waals surface area contributed by atoms with Gasteiger partial charge in [0.2, 0.25) is 0 Å². The summed E-state index contributed by atoms with van der Waals surface area (Å²) in [4.78, 5) is 6.94. The van der Waals surface area contributed by atoms with E-state index >= 15 is 0 Å². The van der Waals surface area contributed by atoms with E-state index in [4.69, 9.17) is 22.7 Å². The van der Waals surface area contributed by atoms with Crippen LogP contribution in [0.5, 0.6) is 0 Å². The predicted molar refractivity (Wildman–Crippen MR) is 80.6 cm³/mol. The summed E-state index contributed by atoms with van der Waals surface area (Å²) in [5, 5.41) is 3.30. The van der Waals surface area contributed by atoms with E-state index in [9.17, 15) is 0 Å². The number of aryl methyl sites for hydroxylation is 1. The molecule has 1 aromatic heterocycles. The smallest absolute Gasteiger partial charge is 0.136 e. The number of aromatic nitrogens is 1. The Morgan fingerprint density at radius 1 is 1.68 bits per heavy atom. The third kappa shape index (κ3) is 3.62. The van der Waals surface area contributed by atoms with Crippen molar-refractivity contribution in [1.82, 2.24) is 9.88 Å². The highest BCUT2D eigenvalue weighted by molar-refractivity contribution is 7.80. The SMILES string of the molecule is Cc1ccnc(NCC2CN(C)CCO2)c1C(N)=S. The van der Waals surface area contributed by atoms with Gasteiger partial charge in [0.05, 0.1) is 18.3 Å². The minimum absolute atomic E-state index is 0.167. The van der Waals surface area contributed by atoms with Crippen LogP contribution < -0.4 is 11.1 Å². The van der Waals surface area contributed by atoms with Crippen molar-refractivity contribution in [3.05, 3.63) is 23.4 Å². The normalized spacial score (nSPS) is 20.2. The second-order valence-corrected chi connectivity index (χ2v) is 5.29. The van der Waals surface area contributed by atoms with Gasteiger partial charge in [0.15, 0.2) is 0 Å². The summed E-state index contributed by atoms with van der Waals surface area (Å²) in [5.74, 6) is 0.740. The van der Waals surface area contributed by atoms with Crippen LogP contribution in [0.15, 0.2) is 12.3 Å². The molecule has 0 bridgehead atoms. The summed E-state index contributed by atoms with van der Waals surface area (Å²) in [7, 11) is 2.10. The lowest BCUT2D eigenvalue weighted by atomic mass is 10.1. The molecule has 0 aliphatic carbocycles. The maximum atomic E-state index is 5.76. The number of hydrogen-bond donors (Lipinski definition) is 2. The Kier molecular flexibility index (Phi) is 4.68. The van der Waals surface area contributed by atoms with Crippen LogP contribution in [0.1, 0.15) is 11.1 Å². The van der Waals surface area contributed by atoms with E-state index in [1.165, 1.54) is 0 Å². The largest absolute Gasteiger partial charge is 0.389 e. The summed E-state index contributed by atoms with van der Waals surface area (Å²) in [6, 6.07) is 1.91. The highest BCUT2D eigenvalue weighted by Gasteiger charge is 2.18. The summed E-state index contributed by atoms with van der Waals surface area (Å²) >= 11 is 5.08. The molecule has 1 fully saturated rings. The predicted octanol–water partition coefficient (Wildman–Crippen LogP) is 0.767. The fourth-order valence-corrected chi connectivity index (χ4v) is 2.46. The highest BCUT2D eigenvalue weighted by Crippen LogP contribution is 2.17. The van der Waals surface area contributed by atoms with Gasteiger partial charge in [-0.15, -0.1) is 0 Å². The van der Waals surface area contributed by atoms with Crippen LogP contribution in [0.3, 0.4) is 0 Å². The molecule has 6 heteroatoms. The first-order valence-corrected chi connectivity index (χ1v) is 6.78. The van der Waals surface area contributed by atoms with Crippen molar-refractivity contribution in [3.8, 4) is 0 Å². The molecule has 5 nitrogen and oxygen atoms in total. The number of nitrogens with one attached hydrogen (secondary N) is 1. The minimum atomic E-state index is 0.167. The van der Waals surface area contributed by atoms with Crippen LogP contribution in [0.4, 0.5) is 5.82 Å². The maximum Gasteiger partial charge on any atom is 0.136 e. The van der Waals surface area contributed by atoms with Crippen molar-refractivity contribution >= 4 is 23.0 Å². The number of hydrogen-bond acceptors (Lipinski definition) is 5. The number of thiocarbonyl (C=S) groups is 1. The molecule has 0 saturated carbocycles. The number of rotatable bonds is 4. The molecule has 0 radical (unpaired) electrons. The van der Waals surface area contributed by atoms with Crippen LogP contribution >= 0.6 is 12.2 Å². The molecule has 2 rings (SSSR count). The second kappa shape index (κ2) is 6.27. The van der Waals surface area contributed by atoms with E-state index in [0.29, 0.717) is 11.5 Å². The monoisotopic (exact) mass is 280 g/mol. The van der Waals surface area contributed by atoms with Crippen molar-refractivity contribution < 1.29 is 4.74 Å². The number of nitrogens with zero attached hydrogens (tertiary/aromatic N) is 2. The molecule has 1 atom stereocenters. The number of pyridine rings is 1. The fraction of sp³-hybridized carbons (Fsp3) is 0.538. The van der Waals surface area contributed by atoms with Crippen LogP contribution in [-0.2, 0) is 4.74 Å². The molecule has 3 N–H and O–H groups in total. The zero-order valence-corrected chi connectivity index (χ0v) is 12.2. The van der Waals surface area contributed by atoms with Crippen LogP contribution in [0.25, 0.3) is 0 Å². The molecule has 1 aromatic rings. The molecular weight excluding hydrogens is 260 g/mol. The van der Waals surface area contributed by atoms with E-state index < -0.39 is 0 Å². The first kappa shape index (κ1) is 14.2.